The van der Waals surface area contributed by atoms with Gasteiger partial charge in [0.2, 0.25) is 0 Å². The molecule has 3 rings (SSSR count). The van der Waals surface area contributed by atoms with Crippen LogP contribution < -0.4 is 11.1 Å². The first-order chi connectivity index (χ1) is 9.72. The van der Waals surface area contributed by atoms with Crippen molar-refractivity contribution >= 4 is 22.4 Å². The summed E-state index contributed by atoms with van der Waals surface area (Å²) >= 11 is 0. The van der Waals surface area contributed by atoms with Crippen molar-refractivity contribution in [3.63, 3.8) is 0 Å². The van der Waals surface area contributed by atoms with Crippen molar-refractivity contribution in [2.45, 2.75) is 13.5 Å². The number of nitrogens with one attached hydrogen (secondary N) is 1. The number of hydrogen-bond acceptors (Lipinski definition) is 4. The third-order valence-electron chi connectivity index (χ3n) is 3.20. The zero-order chi connectivity index (χ0) is 13.9. The minimum absolute atomic E-state index is 0.484. The monoisotopic (exact) mass is 264 g/mol. The van der Waals surface area contributed by atoms with Crippen molar-refractivity contribution in [3.8, 4) is 0 Å². The van der Waals surface area contributed by atoms with Crippen LogP contribution in [0.15, 0.2) is 48.5 Å². The molecule has 0 aliphatic heterocycles. The fourth-order valence-electron chi connectivity index (χ4n) is 2.31. The molecule has 0 bridgehead atoms. The van der Waals surface area contributed by atoms with E-state index in [2.05, 4.69) is 51.7 Å². The molecule has 4 nitrogen and oxygen atoms in total. The quantitative estimate of drug-likeness (QED) is 0.763. The minimum Gasteiger partial charge on any atom is -0.384 e. The molecule has 1 heterocycles. The molecule has 100 valence electrons. The van der Waals surface area contributed by atoms with Gasteiger partial charge < -0.3 is 11.1 Å². The van der Waals surface area contributed by atoms with Gasteiger partial charge in [-0.05, 0) is 23.3 Å². The van der Waals surface area contributed by atoms with E-state index in [1.807, 2.05) is 13.0 Å². The molecule has 0 radical (unpaired) electrons. The Hall–Kier alpha value is -2.62. The van der Waals surface area contributed by atoms with E-state index in [0.29, 0.717) is 18.2 Å². The van der Waals surface area contributed by atoms with Crippen LogP contribution in [-0.2, 0) is 6.54 Å². The Kier molecular flexibility index (Phi) is 3.21. The molecular weight excluding hydrogens is 248 g/mol. The van der Waals surface area contributed by atoms with Crippen LogP contribution in [0.25, 0.3) is 10.8 Å². The van der Waals surface area contributed by atoms with E-state index in [1.165, 1.54) is 16.3 Å². The summed E-state index contributed by atoms with van der Waals surface area (Å²) in [5.74, 6) is 1.91. The van der Waals surface area contributed by atoms with Crippen LogP contribution in [0.5, 0.6) is 0 Å². The van der Waals surface area contributed by atoms with E-state index in [1.54, 1.807) is 6.07 Å². The highest BCUT2D eigenvalue weighted by Gasteiger charge is 2.02. The Bertz CT molecular complexity index is 727. The predicted molar refractivity (Wildman–Crippen MR) is 82.5 cm³/mol. The van der Waals surface area contributed by atoms with Gasteiger partial charge in [-0.1, -0.05) is 42.5 Å². The first kappa shape index (κ1) is 12.4. The van der Waals surface area contributed by atoms with Crippen LogP contribution >= 0.6 is 0 Å². The number of anilines is 2. The van der Waals surface area contributed by atoms with Crippen molar-refractivity contribution in [3.05, 3.63) is 59.9 Å². The number of aromatic nitrogens is 2. The number of benzene rings is 2. The molecule has 2 aromatic carbocycles. The first-order valence-electron chi connectivity index (χ1n) is 6.54. The summed E-state index contributed by atoms with van der Waals surface area (Å²) < 4.78 is 0. The molecule has 0 atom stereocenters. The Balaban J connectivity index is 1.87. The van der Waals surface area contributed by atoms with Crippen LogP contribution in [0.1, 0.15) is 11.4 Å². The Morgan fingerprint density at radius 3 is 2.70 bits per heavy atom. The zero-order valence-electron chi connectivity index (χ0n) is 11.3. The largest absolute Gasteiger partial charge is 0.384 e. The number of nitrogens with two attached hydrogens (primary N) is 1. The smallest absolute Gasteiger partial charge is 0.132 e. The predicted octanol–water partition coefficient (Wildman–Crippen LogP) is 3.13. The maximum atomic E-state index is 5.73. The van der Waals surface area contributed by atoms with Crippen molar-refractivity contribution < 1.29 is 0 Å². The summed E-state index contributed by atoms with van der Waals surface area (Å²) in [5, 5.41) is 5.80. The molecule has 0 saturated carbocycles. The second-order valence-corrected chi connectivity index (χ2v) is 4.72. The standard InChI is InChI=1S/C16H16N4/c1-11-19-15(17)9-16(20-11)18-10-13-7-4-6-12-5-2-3-8-14(12)13/h2-9H,10H2,1H3,(H3,17,18,19,20). The fraction of sp³-hybridized carbons (Fsp3) is 0.125. The van der Waals surface area contributed by atoms with Crippen molar-refractivity contribution in [2.24, 2.45) is 0 Å². The van der Waals surface area contributed by atoms with Gasteiger partial charge in [0.05, 0.1) is 0 Å². The topological polar surface area (TPSA) is 63.8 Å². The highest BCUT2D eigenvalue weighted by Crippen LogP contribution is 2.19. The van der Waals surface area contributed by atoms with E-state index >= 15 is 0 Å². The maximum absolute atomic E-state index is 5.73. The molecule has 0 aliphatic rings. The molecule has 0 unspecified atom stereocenters. The summed E-state index contributed by atoms with van der Waals surface area (Å²) in [4.78, 5) is 8.39. The maximum Gasteiger partial charge on any atom is 0.132 e. The second-order valence-electron chi connectivity index (χ2n) is 4.72. The molecule has 1 aromatic heterocycles. The van der Waals surface area contributed by atoms with Crippen molar-refractivity contribution in [1.82, 2.24) is 9.97 Å². The molecule has 0 spiro atoms. The molecule has 4 heteroatoms. The molecular formula is C16H16N4. The SMILES string of the molecule is Cc1nc(N)cc(NCc2cccc3ccccc23)n1. The normalized spacial score (nSPS) is 10.7. The molecule has 0 saturated heterocycles. The van der Waals surface area contributed by atoms with Gasteiger partial charge in [0.25, 0.3) is 0 Å². The third-order valence-corrected chi connectivity index (χ3v) is 3.20. The Morgan fingerprint density at radius 1 is 1.05 bits per heavy atom. The van der Waals surface area contributed by atoms with E-state index in [4.69, 9.17) is 5.73 Å². The Labute approximate surface area is 117 Å². The van der Waals surface area contributed by atoms with E-state index < -0.39 is 0 Å². The number of fused-ring (bicyclic) bond motifs is 1. The van der Waals surface area contributed by atoms with Crippen LogP contribution in [-0.4, -0.2) is 9.97 Å². The van der Waals surface area contributed by atoms with Gasteiger partial charge in [0.1, 0.15) is 17.5 Å². The third kappa shape index (κ3) is 2.54. The van der Waals surface area contributed by atoms with Crippen LogP contribution in [0.3, 0.4) is 0 Å². The van der Waals surface area contributed by atoms with Crippen LogP contribution in [0.4, 0.5) is 11.6 Å². The molecule has 0 aliphatic carbocycles. The fourth-order valence-corrected chi connectivity index (χ4v) is 2.31. The van der Waals surface area contributed by atoms with Gasteiger partial charge >= 0.3 is 0 Å². The lowest BCUT2D eigenvalue weighted by atomic mass is 10.0. The van der Waals surface area contributed by atoms with Crippen LogP contribution in [0.2, 0.25) is 0 Å². The molecule has 20 heavy (non-hydrogen) atoms. The van der Waals surface area contributed by atoms with E-state index in [-0.39, 0.29) is 0 Å². The van der Waals surface area contributed by atoms with Gasteiger partial charge in [-0.3, -0.25) is 0 Å². The average Bonchev–Trinajstić information content (AvgIpc) is 2.44. The first-order valence-corrected chi connectivity index (χ1v) is 6.54. The number of aryl methyl sites for hydroxylation is 1. The van der Waals surface area contributed by atoms with E-state index in [9.17, 15) is 0 Å². The van der Waals surface area contributed by atoms with Crippen molar-refractivity contribution in [1.29, 1.82) is 0 Å². The molecule has 3 N–H and O–H groups in total. The van der Waals surface area contributed by atoms with E-state index in [0.717, 1.165) is 5.82 Å². The van der Waals surface area contributed by atoms with Gasteiger partial charge in [-0.25, -0.2) is 9.97 Å². The number of rotatable bonds is 3. The van der Waals surface area contributed by atoms with Crippen molar-refractivity contribution in [2.75, 3.05) is 11.1 Å². The number of nitrogens with zero attached hydrogens (tertiary/aromatic N) is 2. The van der Waals surface area contributed by atoms with Gasteiger partial charge in [-0.15, -0.1) is 0 Å². The lowest BCUT2D eigenvalue weighted by Crippen LogP contribution is -2.05. The molecule has 0 fully saturated rings. The number of hydrogen-bond donors (Lipinski definition) is 2. The van der Waals surface area contributed by atoms with Gasteiger partial charge in [0, 0.05) is 12.6 Å². The van der Waals surface area contributed by atoms with Gasteiger partial charge in [0.15, 0.2) is 0 Å². The summed E-state index contributed by atoms with van der Waals surface area (Å²) in [6.07, 6.45) is 0. The molecule has 3 aromatic rings. The lowest BCUT2D eigenvalue weighted by Gasteiger charge is -2.09. The summed E-state index contributed by atoms with van der Waals surface area (Å²) in [6, 6.07) is 16.4. The summed E-state index contributed by atoms with van der Waals surface area (Å²) in [7, 11) is 0. The second kappa shape index (κ2) is 5.17. The highest BCUT2D eigenvalue weighted by atomic mass is 15.0. The Morgan fingerprint density at radius 2 is 1.85 bits per heavy atom. The molecule has 0 amide bonds. The minimum atomic E-state index is 0.484. The zero-order valence-corrected chi connectivity index (χ0v) is 11.3. The highest BCUT2D eigenvalue weighted by molar-refractivity contribution is 5.85. The summed E-state index contributed by atoms with van der Waals surface area (Å²) in [5.41, 5.74) is 6.96. The average molecular weight is 264 g/mol. The summed E-state index contributed by atoms with van der Waals surface area (Å²) in [6.45, 7) is 2.54. The van der Waals surface area contributed by atoms with Crippen LogP contribution in [0, 0.1) is 6.92 Å². The number of nitrogen functional groups attached to an aromatic ring is 1. The lowest BCUT2D eigenvalue weighted by molar-refractivity contribution is 1.03. The van der Waals surface area contributed by atoms with Gasteiger partial charge in [-0.2, -0.15) is 0 Å².